The molecule has 1 aliphatic carbocycles. The SMILES string of the molecule is C[C@@H]1CN(c2nc(C3CCCC3)c3c(c2C#N)CC(C)(C)OC3)C[C@H](C)N1C(=O)c1ccoc1. The maximum Gasteiger partial charge on any atom is 0.257 e. The molecule has 7 nitrogen and oxygen atoms in total. The van der Waals surface area contributed by atoms with E-state index in [9.17, 15) is 10.1 Å². The molecule has 2 aliphatic heterocycles. The van der Waals surface area contributed by atoms with E-state index in [0.717, 1.165) is 35.5 Å². The molecule has 2 atom stereocenters. The number of rotatable bonds is 3. The van der Waals surface area contributed by atoms with Gasteiger partial charge in [-0.2, -0.15) is 5.26 Å². The summed E-state index contributed by atoms with van der Waals surface area (Å²) in [6.07, 6.45) is 8.50. The highest BCUT2D eigenvalue weighted by molar-refractivity contribution is 5.94. The molecule has 180 valence electrons. The summed E-state index contributed by atoms with van der Waals surface area (Å²) in [7, 11) is 0. The molecule has 0 unspecified atom stereocenters. The van der Waals surface area contributed by atoms with Crippen molar-refractivity contribution in [3.63, 3.8) is 0 Å². The molecule has 3 aliphatic rings. The van der Waals surface area contributed by atoms with Crippen molar-refractivity contribution >= 4 is 11.7 Å². The molecule has 34 heavy (non-hydrogen) atoms. The Labute approximate surface area is 201 Å². The van der Waals surface area contributed by atoms with E-state index >= 15 is 0 Å². The van der Waals surface area contributed by atoms with Crippen LogP contribution >= 0.6 is 0 Å². The number of piperazine rings is 1. The summed E-state index contributed by atoms with van der Waals surface area (Å²) in [4.78, 5) is 22.5. The number of hydrogen-bond donors (Lipinski definition) is 0. The van der Waals surface area contributed by atoms with Crippen LogP contribution in [0.15, 0.2) is 23.0 Å². The van der Waals surface area contributed by atoms with Crippen molar-refractivity contribution in [2.24, 2.45) is 0 Å². The minimum Gasteiger partial charge on any atom is -0.472 e. The lowest BCUT2D eigenvalue weighted by Gasteiger charge is -2.45. The number of amides is 1. The van der Waals surface area contributed by atoms with Crippen LogP contribution in [-0.4, -0.2) is 46.6 Å². The molecule has 0 N–H and O–H groups in total. The lowest BCUT2D eigenvalue weighted by atomic mass is 9.85. The van der Waals surface area contributed by atoms with Crippen molar-refractivity contribution in [2.75, 3.05) is 18.0 Å². The van der Waals surface area contributed by atoms with E-state index in [1.54, 1.807) is 6.07 Å². The summed E-state index contributed by atoms with van der Waals surface area (Å²) in [5, 5.41) is 10.3. The molecule has 0 radical (unpaired) electrons. The highest BCUT2D eigenvalue weighted by Gasteiger charge is 2.38. The van der Waals surface area contributed by atoms with Crippen molar-refractivity contribution in [3.8, 4) is 6.07 Å². The van der Waals surface area contributed by atoms with Gasteiger partial charge >= 0.3 is 0 Å². The van der Waals surface area contributed by atoms with Crippen molar-refractivity contribution in [3.05, 3.63) is 46.5 Å². The number of carbonyl (C=O) groups excluding carboxylic acids is 1. The Balaban J connectivity index is 1.53. The fourth-order valence-electron chi connectivity index (χ4n) is 6.09. The third-order valence-electron chi connectivity index (χ3n) is 7.71. The summed E-state index contributed by atoms with van der Waals surface area (Å²) in [6.45, 7) is 10.1. The number of nitriles is 1. The minimum atomic E-state index is -0.305. The smallest absolute Gasteiger partial charge is 0.257 e. The van der Waals surface area contributed by atoms with E-state index in [-0.39, 0.29) is 23.6 Å². The van der Waals surface area contributed by atoms with Gasteiger partial charge in [0.15, 0.2) is 0 Å². The first-order valence-corrected chi connectivity index (χ1v) is 12.5. The number of hydrogen-bond acceptors (Lipinski definition) is 6. The van der Waals surface area contributed by atoms with Crippen molar-refractivity contribution in [1.29, 1.82) is 5.26 Å². The minimum absolute atomic E-state index is 0.0159. The van der Waals surface area contributed by atoms with E-state index in [2.05, 4.69) is 38.7 Å². The first-order chi connectivity index (χ1) is 16.3. The number of fused-ring (bicyclic) bond motifs is 1. The first-order valence-electron chi connectivity index (χ1n) is 12.5. The number of furan rings is 1. The Kier molecular flexibility index (Phi) is 5.89. The summed E-state index contributed by atoms with van der Waals surface area (Å²) >= 11 is 0. The summed E-state index contributed by atoms with van der Waals surface area (Å²) in [6, 6.07) is 4.18. The van der Waals surface area contributed by atoms with Crippen LogP contribution in [0.25, 0.3) is 0 Å². The van der Waals surface area contributed by atoms with Crippen LogP contribution in [0, 0.1) is 11.3 Å². The summed E-state index contributed by atoms with van der Waals surface area (Å²) in [5.41, 5.74) is 4.34. The van der Waals surface area contributed by atoms with Gasteiger partial charge in [-0.05, 0) is 52.2 Å². The zero-order valence-electron chi connectivity index (χ0n) is 20.6. The van der Waals surface area contributed by atoms with Crippen LogP contribution in [0.1, 0.15) is 92.0 Å². The van der Waals surface area contributed by atoms with Gasteiger partial charge in [-0.15, -0.1) is 0 Å². The fourth-order valence-corrected chi connectivity index (χ4v) is 6.09. The maximum absolute atomic E-state index is 13.1. The lowest BCUT2D eigenvalue weighted by molar-refractivity contribution is -0.0408. The largest absolute Gasteiger partial charge is 0.472 e. The summed E-state index contributed by atoms with van der Waals surface area (Å²) in [5.74, 6) is 1.21. The highest BCUT2D eigenvalue weighted by Crippen LogP contribution is 2.42. The fraction of sp³-hybridized carbons (Fsp3) is 0.593. The Morgan fingerprint density at radius 2 is 1.88 bits per heavy atom. The van der Waals surface area contributed by atoms with Crippen molar-refractivity contribution < 1.29 is 13.9 Å². The molecule has 4 heterocycles. The number of nitrogens with zero attached hydrogens (tertiary/aromatic N) is 4. The van der Waals surface area contributed by atoms with Crippen LogP contribution in [0.2, 0.25) is 0 Å². The molecule has 0 aromatic carbocycles. The predicted octanol–water partition coefficient (Wildman–Crippen LogP) is 4.79. The van der Waals surface area contributed by atoms with Gasteiger partial charge in [0.25, 0.3) is 5.91 Å². The Hall–Kier alpha value is -2.85. The first kappa shape index (κ1) is 22.9. The molecule has 2 aromatic heterocycles. The van der Waals surface area contributed by atoms with E-state index in [1.807, 2.05) is 4.90 Å². The topological polar surface area (TPSA) is 82.6 Å². The van der Waals surface area contributed by atoms with Gasteiger partial charge in [0, 0.05) is 43.1 Å². The number of ether oxygens (including phenoxy) is 1. The van der Waals surface area contributed by atoms with Crippen molar-refractivity contribution in [1.82, 2.24) is 9.88 Å². The molecule has 1 saturated carbocycles. The lowest BCUT2D eigenvalue weighted by Crippen LogP contribution is -2.59. The van der Waals surface area contributed by atoms with E-state index < -0.39 is 0 Å². The second kappa shape index (κ2) is 8.74. The average molecular weight is 463 g/mol. The molecule has 7 heteroatoms. The monoisotopic (exact) mass is 462 g/mol. The van der Waals surface area contributed by atoms with Crippen LogP contribution in [0.5, 0.6) is 0 Å². The molecule has 0 bridgehead atoms. The molecule has 1 saturated heterocycles. The molecule has 0 spiro atoms. The maximum atomic E-state index is 13.1. The second-order valence-corrected chi connectivity index (χ2v) is 10.8. The van der Waals surface area contributed by atoms with Gasteiger partial charge in [0.2, 0.25) is 0 Å². The van der Waals surface area contributed by atoms with Gasteiger partial charge < -0.3 is 19.0 Å². The van der Waals surface area contributed by atoms with E-state index in [1.165, 1.54) is 25.4 Å². The van der Waals surface area contributed by atoms with Gasteiger partial charge in [-0.1, -0.05) is 12.8 Å². The molecule has 2 aromatic rings. The van der Waals surface area contributed by atoms with Gasteiger partial charge in [0.05, 0.1) is 35.3 Å². The highest BCUT2D eigenvalue weighted by atomic mass is 16.5. The Morgan fingerprint density at radius 3 is 2.50 bits per heavy atom. The van der Waals surface area contributed by atoms with Crippen LogP contribution in [0.4, 0.5) is 5.82 Å². The molecule has 2 fully saturated rings. The Bertz CT molecular complexity index is 1100. The molecular weight excluding hydrogens is 428 g/mol. The van der Waals surface area contributed by atoms with E-state index in [0.29, 0.717) is 43.2 Å². The summed E-state index contributed by atoms with van der Waals surface area (Å²) < 4.78 is 11.3. The number of pyridine rings is 1. The normalized spacial score (nSPS) is 24.7. The van der Waals surface area contributed by atoms with Crippen LogP contribution < -0.4 is 4.90 Å². The molecule has 1 amide bonds. The third kappa shape index (κ3) is 3.98. The second-order valence-electron chi connectivity index (χ2n) is 10.8. The van der Waals surface area contributed by atoms with Crippen LogP contribution in [0.3, 0.4) is 0 Å². The van der Waals surface area contributed by atoms with Gasteiger partial charge in [-0.3, -0.25) is 4.79 Å². The number of aromatic nitrogens is 1. The number of carbonyl (C=O) groups is 1. The average Bonchev–Trinajstić information content (AvgIpc) is 3.51. The standard InChI is InChI=1S/C27H34N4O3/c1-17-13-30(14-18(2)31(17)26(32)20-9-10-33-15-20)25-22(12-28)21-11-27(3,4)34-16-23(21)24(29-25)19-7-5-6-8-19/h9-10,15,17-19H,5-8,11,13-14,16H2,1-4H3/t17-,18+. The van der Waals surface area contributed by atoms with Gasteiger partial charge in [0.1, 0.15) is 18.2 Å². The van der Waals surface area contributed by atoms with Gasteiger partial charge in [-0.25, -0.2) is 4.98 Å². The quantitative estimate of drug-likeness (QED) is 0.652. The Morgan fingerprint density at radius 1 is 1.18 bits per heavy atom. The number of anilines is 1. The van der Waals surface area contributed by atoms with Crippen LogP contribution in [-0.2, 0) is 17.8 Å². The zero-order chi connectivity index (χ0) is 24.0. The zero-order valence-corrected chi connectivity index (χ0v) is 20.6. The van der Waals surface area contributed by atoms with Crippen molar-refractivity contribution in [2.45, 2.75) is 90.0 Å². The third-order valence-corrected chi connectivity index (χ3v) is 7.71. The molecule has 5 rings (SSSR count). The predicted molar refractivity (Wildman–Crippen MR) is 129 cm³/mol. The molecular formula is C27H34N4O3. The van der Waals surface area contributed by atoms with E-state index in [4.69, 9.17) is 14.1 Å².